The molecule has 1 heterocycles. The van der Waals surface area contributed by atoms with Crippen molar-refractivity contribution in [2.45, 2.75) is 38.5 Å². The van der Waals surface area contributed by atoms with Crippen LogP contribution in [0.25, 0.3) is 10.4 Å². The van der Waals surface area contributed by atoms with Gasteiger partial charge < -0.3 is 20.1 Å². The molecular weight excluding hydrogens is 254 g/mol. The largest absolute Gasteiger partial charge is 0.465 e. The van der Waals surface area contributed by atoms with Crippen molar-refractivity contribution in [1.82, 2.24) is 10.2 Å². The Morgan fingerprint density at radius 2 is 2.11 bits per heavy atom. The number of azide groups is 1. The number of carbonyl (C=O) groups is 2. The van der Waals surface area contributed by atoms with Crippen LogP contribution in [0.1, 0.15) is 20.8 Å². The molecule has 1 saturated heterocycles. The molecule has 1 aliphatic rings. The fraction of sp³-hybridized carbons (Fsp3) is 0.800. The molecule has 9 nitrogen and oxygen atoms in total. The number of alkyl carbamates (subject to hydrolysis) is 1. The van der Waals surface area contributed by atoms with Gasteiger partial charge in [-0.15, -0.1) is 0 Å². The van der Waals surface area contributed by atoms with Crippen molar-refractivity contribution in [3.63, 3.8) is 0 Å². The lowest BCUT2D eigenvalue weighted by Crippen LogP contribution is -2.44. The number of nitrogens with zero attached hydrogens (tertiary/aromatic N) is 4. The Bertz CT molecular complexity index is 413. The second-order valence-electron chi connectivity index (χ2n) is 5.21. The summed E-state index contributed by atoms with van der Waals surface area (Å²) in [5.74, 6) is 0. The summed E-state index contributed by atoms with van der Waals surface area (Å²) in [5, 5.41) is 14.9. The summed E-state index contributed by atoms with van der Waals surface area (Å²) in [6, 6.07) is -1.21. The fourth-order valence-electron chi connectivity index (χ4n) is 1.73. The number of carbonyl (C=O) groups excluding carboxylic acids is 1. The predicted octanol–water partition coefficient (Wildman–Crippen LogP) is 1.55. The molecule has 2 N–H and O–H groups in total. The minimum absolute atomic E-state index is 0.0554. The molecule has 0 spiro atoms. The van der Waals surface area contributed by atoms with E-state index in [0.717, 1.165) is 4.90 Å². The zero-order valence-corrected chi connectivity index (χ0v) is 11.0. The smallest absolute Gasteiger partial charge is 0.407 e. The van der Waals surface area contributed by atoms with Crippen molar-refractivity contribution in [3.05, 3.63) is 10.4 Å². The van der Waals surface area contributed by atoms with E-state index in [1.54, 1.807) is 20.8 Å². The van der Waals surface area contributed by atoms with Crippen molar-refractivity contribution in [2.75, 3.05) is 13.1 Å². The molecule has 1 aliphatic heterocycles. The maximum atomic E-state index is 11.6. The van der Waals surface area contributed by atoms with Crippen LogP contribution in [0, 0.1) is 0 Å². The Morgan fingerprint density at radius 3 is 2.58 bits per heavy atom. The van der Waals surface area contributed by atoms with Crippen molar-refractivity contribution in [3.8, 4) is 0 Å². The molecule has 0 aromatic carbocycles. The summed E-state index contributed by atoms with van der Waals surface area (Å²) < 4.78 is 5.07. The van der Waals surface area contributed by atoms with Gasteiger partial charge in [0.05, 0.1) is 12.1 Å². The van der Waals surface area contributed by atoms with Crippen LogP contribution in [0.5, 0.6) is 0 Å². The molecule has 1 rings (SSSR count). The molecule has 0 radical (unpaired) electrons. The SMILES string of the molecule is CC(C)(C)OC(=O)N[C@@H]1CN(C(=O)O)C[C@@H]1N=[N+]=[N-]. The van der Waals surface area contributed by atoms with E-state index in [2.05, 4.69) is 15.3 Å². The summed E-state index contributed by atoms with van der Waals surface area (Å²) in [6.45, 7) is 5.28. The summed E-state index contributed by atoms with van der Waals surface area (Å²) in [4.78, 5) is 26.2. The van der Waals surface area contributed by atoms with Crippen LogP contribution >= 0.6 is 0 Å². The molecular formula is C10H17N5O4. The van der Waals surface area contributed by atoms with Crippen LogP contribution in [-0.2, 0) is 4.74 Å². The summed E-state index contributed by atoms with van der Waals surface area (Å²) in [7, 11) is 0. The van der Waals surface area contributed by atoms with Gasteiger partial charge in [0.15, 0.2) is 0 Å². The number of hydrogen-bond acceptors (Lipinski definition) is 4. The minimum Gasteiger partial charge on any atom is -0.465 e. The number of hydrogen-bond donors (Lipinski definition) is 2. The Labute approximate surface area is 110 Å². The average Bonchev–Trinajstić information content (AvgIpc) is 2.59. The number of amides is 2. The first-order valence-electron chi connectivity index (χ1n) is 5.74. The Morgan fingerprint density at radius 1 is 1.47 bits per heavy atom. The quantitative estimate of drug-likeness (QED) is 0.448. The third-order valence-electron chi connectivity index (χ3n) is 2.46. The Hall–Kier alpha value is -2.15. The molecule has 9 heteroatoms. The van der Waals surface area contributed by atoms with Gasteiger partial charge in [0.2, 0.25) is 0 Å². The molecule has 0 aliphatic carbocycles. The molecule has 2 amide bonds. The van der Waals surface area contributed by atoms with Gasteiger partial charge in [-0.3, -0.25) is 0 Å². The second kappa shape index (κ2) is 5.66. The first-order valence-corrected chi connectivity index (χ1v) is 5.74. The first-order chi connectivity index (χ1) is 8.73. The molecule has 0 aromatic heterocycles. The molecule has 0 saturated carbocycles. The van der Waals surface area contributed by atoms with E-state index in [9.17, 15) is 9.59 Å². The first kappa shape index (κ1) is 14.9. The van der Waals surface area contributed by atoms with Crippen LogP contribution in [0.3, 0.4) is 0 Å². The zero-order valence-electron chi connectivity index (χ0n) is 11.0. The Balaban J connectivity index is 2.66. The number of ether oxygens (including phenoxy) is 1. The second-order valence-corrected chi connectivity index (χ2v) is 5.21. The fourth-order valence-corrected chi connectivity index (χ4v) is 1.73. The standard InChI is InChI=1S/C10H17N5O4/c1-10(2,3)19-8(16)12-6-4-15(9(17)18)5-7(6)13-14-11/h6-7H,4-5H2,1-3H3,(H,12,16)(H,17,18)/t6-,7+/m1/s1. The van der Waals surface area contributed by atoms with Crippen LogP contribution < -0.4 is 5.32 Å². The molecule has 0 unspecified atom stereocenters. The van der Waals surface area contributed by atoms with Gasteiger partial charge in [-0.05, 0) is 26.3 Å². The predicted molar refractivity (Wildman–Crippen MR) is 65.7 cm³/mol. The van der Waals surface area contributed by atoms with Gasteiger partial charge >= 0.3 is 12.2 Å². The van der Waals surface area contributed by atoms with Crippen molar-refractivity contribution < 1.29 is 19.4 Å². The Kier molecular flexibility index (Phi) is 4.44. The van der Waals surface area contributed by atoms with Gasteiger partial charge in [0, 0.05) is 18.0 Å². The van der Waals surface area contributed by atoms with Gasteiger partial charge in [-0.2, -0.15) is 0 Å². The highest BCUT2D eigenvalue weighted by Gasteiger charge is 2.36. The maximum absolute atomic E-state index is 11.6. The lowest BCUT2D eigenvalue weighted by molar-refractivity contribution is 0.0501. The number of rotatable bonds is 2. The van der Waals surface area contributed by atoms with Gasteiger partial charge in [-0.25, -0.2) is 9.59 Å². The normalized spacial score (nSPS) is 22.6. The highest BCUT2D eigenvalue weighted by Crippen LogP contribution is 2.15. The van der Waals surface area contributed by atoms with Crippen LogP contribution in [-0.4, -0.2) is 53.0 Å². The third-order valence-corrected chi connectivity index (χ3v) is 2.46. The maximum Gasteiger partial charge on any atom is 0.407 e. The molecule has 2 atom stereocenters. The van der Waals surface area contributed by atoms with E-state index in [4.69, 9.17) is 15.4 Å². The van der Waals surface area contributed by atoms with Gasteiger partial charge in [-0.1, -0.05) is 5.11 Å². The van der Waals surface area contributed by atoms with Gasteiger partial charge in [0.25, 0.3) is 0 Å². The van der Waals surface area contributed by atoms with E-state index in [1.807, 2.05) is 0 Å². The number of likely N-dealkylation sites (tertiary alicyclic amines) is 1. The molecule has 19 heavy (non-hydrogen) atoms. The van der Waals surface area contributed by atoms with E-state index >= 15 is 0 Å². The van der Waals surface area contributed by atoms with E-state index < -0.39 is 29.9 Å². The molecule has 0 bridgehead atoms. The average molecular weight is 271 g/mol. The van der Waals surface area contributed by atoms with Crippen molar-refractivity contribution >= 4 is 12.2 Å². The summed E-state index contributed by atoms with van der Waals surface area (Å²) in [6.07, 6.45) is -1.78. The van der Waals surface area contributed by atoms with Crippen LogP contribution in [0.2, 0.25) is 0 Å². The molecule has 1 fully saturated rings. The van der Waals surface area contributed by atoms with Crippen LogP contribution in [0.4, 0.5) is 9.59 Å². The number of nitrogens with one attached hydrogen (secondary N) is 1. The van der Waals surface area contributed by atoms with Crippen molar-refractivity contribution in [2.24, 2.45) is 5.11 Å². The molecule has 0 aromatic rings. The number of carboxylic acid groups (broad SMARTS) is 1. The van der Waals surface area contributed by atoms with Crippen molar-refractivity contribution in [1.29, 1.82) is 0 Å². The monoisotopic (exact) mass is 271 g/mol. The van der Waals surface area contributed by atoms with Gasteiger partial charge in [0.1, 0.15) is 5.60 Å². The van der Waals surface area contributed by atoms with E-state index in [0.29, 0.717) is 0 Å². The highest BCUT2D eigenvalue weighted by atomic mass is 16.6. The zero-order chi connectivity index (χ0) is 14.6. The van der Waals surface area contributed by atoms with E-state index in [1.165, 1.54) is 0 Å². The van der Waals surface area contributed by atoms with E-state index in [-0.39, 0.29) is 13.1 Å². The molecule has 106 valence electrons. The minimum atomic E-state index is -1.12. The third kappa shape index (κ3) is 4.55. The lowest BCUT2D eigenvalue weighted by atomic mass is 10.2. The summed E-state index contributed by atoms with van der Waals surface area (Å²) in [5.41, 5.74) is 7.79. The summed E-state index contributed by atoms with van der Waals surface area (Å²) >= 11 is 0. The highest BCUT2D eigenvalue weighted by molar-refractivity contribution is 5.69. The topological polar surface area (TPSA) is 128 Å². The van der Waals surface area contributed by atoms with Crippen LogP contribution in [0.15, 0.2) is 5.11 Å². The lowest BCUT2D eigenvalue weighted by Gasteiger charge is -2.22.